The van der Waals surface area contributed by atoms with Crippen LogP contribution >= 0.6 is 11.3 Å². The molecule has 2 saturated carbocycles. The first-order valence-electron chi connectivity index (χ1n) is 8.85. The summed E-state index contributed by atoms with van der Waals surface area (Å²) in [6.45, 7) is 1.35. The van der Waals surface area contributed by atoms with Gasteiger partial charge in [-0.15, -0.1) is 11.3 Å². The number of hydrogen-bond donors (Lipinski definition) is 1. The minimum Gasteiger partial charge on any atom is -0.353 e. The minimum absolute atomic E-state index is 0.0346. The summed E-state index contributed by atoms with van der Waals surface area (Å²) >= 11 is 1.48. The number of piperidine rings is 1. The summed E-state index contributed by atoms with van der Waals surface area (Å²) in [7, 11) is 0. The predicted octanol–water partition coefficient (Wildman–Crippen LogP) is 2.91. The quantitative estimate of drug-likeness (QED) is 0.901. The number of amides is 2. The van der Waals surface area contributed by atoms with E-state index in [9.17, 15) is 9.59 Å². The number of thiophene rings is 1. The second-order valence-electron chi connectivity index (χ2n) is 7.28. The minimum atomic E-state index is -0.0346. The Kier molecular flexibility index (Phi) is 4.14. The van der Waals surface area contributed by atoms with Crippen molar-refractivity contribution in [3.8, 4) is 0 Å². The van der Waals surface area contributed by atoms with Gasteiger partial charge in [0.05, 0.1) is 10.8 Å². The van der Waals surface area contributed by atoms with E-state index in [2.05, 4.69) is 5.32 Å². The first kappa shape index (κ1) is 15.2. The zero-order chi connectivity index (χ0) is 15.8. The van der Waals surface area contributed by atoms with Gasteiger partial charge in [0, 0.05) is 19.1 Å². The molecule has 3 fully saturated rings. The molecule has 1 atom stereocenters. The van der Waals surface area contributed by atoms with Gasteiger partial charge in [0.15, 0.2) is 0 Å². The lowest BCUT2D eigenvalue weighted by Gasteiger charge is -2.33. The molecule has 1 unspecified atom stereocenters. The molecular formula is C18H24N2O2S. The molecule has 3 aliphatic rings. The third-order valence-electron chi connectivity index (χ3n) is 5.38. The maximum atomic E-state index is 12.7. The zero-order valence-electron chi connectivity index (χ0n) is 13.4. The molecule has 0 radical (unpaired) electrons. The molecule has 1 aromatic heterocycles. The molecule has 4 rings (SSSR count). The lowest BCUT2D eigenvalue weighted by Crippen LogP contribution is -2.48. The van der Waals surface area contributed by atoms with Gasteiger partial charge in [0.2, 0.25) is 5.91 Å². The van der Waals surface area contributed by atoms with Crippen LogP contribution in [-0.2, 0) is 4.79 Å². The van der Waals surface area contributed by atoms with Crippen LogP contribution in [0.3, 0.4) is 0 Å². The first-order valence-corrected chi connectivity index (χ1v) is 9.73. The third-order valence-corrected chi connectivity index (χ3v) is 6.24. The molecule has 4 nitrogen and oxygen atoms in total. The lowest BCUT2D eigenvalue weighted by atomic mass is 9.95. The van der Waals surface area contributed by atoms with Crippen molar-refractivity contribution in [2.24, 2.45) is 17.8 Å². The molecule has 0 aromatic carbocycles. The zero-order valence-corrected chi connectivity index (χ0v) is 14.2. The Morgan fingerprint density at radius 3 is 2.52 bits per heavy atom. The summed E-state index contributed by atoms with van der Waals surface area (Å²) in [6.07, 6.45) is 6.92. The molecule has 2 amide bonds. The highest BCUT2D eigenvalue weighted by atomic mass is 32.1. The highest BCUT2D eigenvalue weighted by Crippen LogP contribution is 2.44. The van der Waals surface area contributed by atoms with Crippen LogP contribution in [-0.4, -0.2) is 35.8 Å². The molecule has 1 N–H and O–H groups in total. The molecule has 1 aromatic rings. The number of carbonyl (C=O) groups excluding carboxylic acids is 2. The molecule has 2 aliphatic carbocycles. The number of nitrogens with zero attached hydrogens (tertiary/aromatic N) is 1. The van der Waals surface area contributed by atoms with Crippen LogP contribution < -0.4 is 5.32 Å². The van der Waals surface area contributed by atoms with Crippen LogP contribution in [0.25, 0.3) is 0 Å². The van der Waals surface area contributed by atoms with E-state index in [-0.39, 0.29) is 17.7 Å². The van der Waals surface area contributed by atoms with Gasteiger partial charge in [-0.05, 0) is 61.8 Å². The van der Waals surface area contributed by atoms with Crippen molar-refractivity contribution >= 4 is 23.2 Å². The second kappa shape index (κ2) is 6.27. The molecular weight excluding hydrogens is 308 g/mol. The molecule has 0 spiro atoms. The highest BCUT2D eigenvalue weighted by Gasteiger charge is 2.43. The molecule has 124 valence electrons. The Hall–Kier alpha value is -1.36. The largest absolute Gasteiger partial charge is 0.353 e. The third kappa shape index (κ3) is 3.44. The summed E-state index contributed by atoms with van der Waals surface area (Å²) in [6, 6.07) is 4.18. The molecule has 1 aliphatic heterocycles. The maximum absolute atomic E-state index is 12.7. The van der Waals surface area contributed by atoms with E-state index in [1.165, 1.54) is 37.0 Å². The topological polar surface area (TPSA) is 49.4 Å². The highest BCUT2D eigenvalue weighted by molar-refractivity contribution is 7.12. The van der Waals surface area contributed by atoms with Crippen LogP contribution in [0.4, 0.5) is 0 Å². The van der Waals surface area contributed by atoms with Gasteiger partial charge in [0.1, 0.15) is 0 Å². The number of likely N-dealkylation sites (tertiary alicyclic amines) is 1. The summed E-state index contributed by atoms with van der Waals surface area (Å²) in [5, 5.41) is 5.26. The van der Waals surface area contributed by atoms with Crippen LogP contribution in [0.15, 0.2) is 17.5 Å². The van der Waals surface area contributed by atoms with Crippen molar-refractivity contribution in [2.45, 2.75) is 44.6 Å². The Morgan fingerprint density at radius 2 is 1.91 bits per heavy atom. The Balaban J connectivity index is 1.36. The standard InChI is InChI=1S/C18H24N2O2S/c21-17(19-16(12-5-6-12)13-7-8-13)14-3-1-9-20(11-14)18(22)15-4-2-10-23-15/h2,4,10,12-14,16H,1,3,5-9,11H2,(H,19,21). The van der Waals surface area contributed by atoms with Crippen LogP contribution in [0.2, 0.25) is 0 Å². The average molecular weight is 332 g/mol. The molecule has 5 heteroatoms. The van der Waals surface area contributed by atoms with E-state index >= 15 is 0 Å². The van der Waals surface area contributed by atoms with Gasteiger partial charge in [-0.3, -0.25) is 9.59 Å². The summed E-state index contributed by atoms with van der Waals surface area (Å²) in [4.78, 5) is 27.8. The smallest absolute Gasteiger partial charge is 0.263 e. The molecule has 23 heavy (non-hydrogen) atoms. The normalized spacial score (nSPS) is 24.7. The van der Waals surface area contributed by atoms with E-state index in [0.717, 1.165) is 36.1 Å². The molecule has 0 bridgehead atoms. The second-order valence-corrected chi connectivity index (χ2v) is 8.22. The molecule has 1 saturated heterocycles. The van der Waals surface area contributed by atoms with E-state index in [1.54, 1.807) is 0 Å². The van der Waals surface area contributed by atoms with E-state index in [0.29, 0.717) is 12.6 Å². The summed E-state index contributed by atoms with van der Waals surface area (Å²) in [5.41, 5.74) is 0. The van der Waals surface area contributed by atoms with Crippen molar-refractivity contribution in [1.29, 1.82) is 0 Å². The van der Waals surface area contributed by atoms with Crippen molar-refractivity contribution < 1.29 is 9.59 Å². The van der Waals surface area contributed by atoms with Crippen molar-refractivity contribution in [3.63, 3.8) is 0 Å². The van der Waals surface area contributed by atoms with Gasteiger partial charge in [0.25, 0.3) is 5.91 Å². The van der Waals surface area contributed by atoms with Crippen molar-refractivity contribution in [1.82, 2.24) is 10.2 Å². The summed E-state index contributed by atoms with van der Waals surface area (Å²) in [5.74, 6) is 1.67. The number of rotatable bonds is 5. The van der Waals surface area contributed by atoms with Gasteiger partial charge in [-0.2, -0.15) is 0 Å². The van der Waals surface area contributed by atoms with E-state index in [4.69, 9.17) is 0 Å². The van der Waals surface area contributed by atoms with Crippen LogP contribution in [0.1, 0.15) is 48.2 Å². The number of carbonyl (C=O) groups is 2. The van der Waals surface area contributed by atoms with E-state index < -0.39 is 0 Å². The van der Waals surface area contributed by atoms with Gasteiger partial charge >= 0.3 is 0 Å². The number of hydrogen-bond acceptors (Lipinski definition) is 3. The average Bonchev–Trinajstić information content (AvgIpc) is 3.51. The fraction of sp³-hybridized carbons (Fsp3) is 0.667. The van der Waals surface area contributed by atoms with E-state index in [1.807, 2.05) is 22.4 Å². The molecule has 2 heterocycles. The SMILES string of the molecule is O=C(NC(C1CC1)C1CC1)C1CCCN(C(=O)c2cccs2)C1. The fourth-order valence-corrected chi connectivity index (χ4v) is 4.44. The predicted molar refractivity (Wildman–Crippen MR) is 90.3 cm³/mol. The maximum Gasteiger partial charge on any atom is 0.263 e. The van der Waals surface area contributed by atoms with Crippen molar-refractivity contribution in [2.75, 3.05) is 13.1 Å². The summed E-state index contributed by atoms with van der Waals surface area (Å²) < 4.78 is 0. The Morgan fingerprint density at radius 1 is 1.17 bits per heavy atom. The lowest BCUT2D eigenvalue weighted by molar-refractivity contribution is -0.127. The van der Waals surface area contributed by atoms with Crippen LogP contribution in [0, 0.1) is 17.8 Å². The van der Waals surface area contributed by atoms with Crippen LogP contribution in [0.5, 0.6) is 0 Å². The van der Waals surface area contributed by atoms with Gasteiger partial charge < -0.3 is 10.2 Å². The Labute approximate surface area is 141 Å². The Bertz CT molecular complexity index is 566. The fourth-order valence-electron chi connectivity index (χ4n) is 3.75. The monoisotopic (exact) mass is 332 g/mol. The first-order chi connectivity index (χ1) is 11.2. The van der Waals surface area contributed by atoms with Crippen molar-refractivity contribution in [3.05, 3.63) is 22.4 Å². The van der Waals surface area contributed by atoms with Gasteiger partial charge in [-0.1, -0.05) is 6.07 Å². The number of nitrogens with one attached hydrogen (secondary N) is 1. The van der Waals surface area contributed by atoms with Gasteiger partial charge in [-0.25, -0.2) is 0 Å².